The molecular formula is C26H38O5. The van der Waals surface area contributed by atoms with Crippen LogP contribution >= 0.6 is 0 Å². The lowest BCUT2D eigenvalue weighted by Crippen LogP contribution is -2.32. The van der Waals surface area contributed by atoms with Gasteiger partial charge in [-0.2, -0.15) is 0 Å². The van der Waals surface area contributed by atoms with Crippen molar-refractivity contribution >= 4 is 5.97 Å². The van der Waals surface area contributed by atoms with Gasteiger partial charge >= 0.3 is 5.97 Å². The maximum absolute atomic E-state index is 10.5. The molecule has 1 N–H and O–H groups in total. The van der Waals surface area contributed by atoms with Crippen molar-refractivity contribution < 1.29 is 24.1 Å². The van der Waals surface area contributed by atoms with Gasteiger partial charge in [0.1, 0.15) is 5.75 Å². The lowest BCUT2D eigenvalue weighted by molar-refractivity contribution is -0.137. The summed E-state index contributed by atoms with van der Waals surface area (Å²) in [7, 11) is 0. The van der Waals surface area contributed by atoms with Gasteiger partial charge in [0.2, 0.25) is 0 Å². The van der Waals surface area contributed by atoms with Gasteiger partial charge in [-0.25, -0.2) is 0 Å². The first kappa shape index (κ1) is 23.8. The molecule has 4 atom stereocenters. The van der Waals surface area contributed by atoms with E-state index in [1.165, 1.54) is 12.0 Å². The first-order valence-corrected chi connectivity index (χ1v) is 11.9. The summed E-state index contributed by atoms with van der Waals surface area (Å²) in [5.41, 5.74) is 1.31. The minimum Gasteiger partial charge on any atom is -0.494 e. The smallest absolute Gasteiger partial charge is 0.303 e. The number of fused-ring (bicyclic) bond motifs is 2. The van der Waals surface area contributed by atoms with Crippen molar-refractivity contribution in [3.8, 4) is 5.75 Å². The zero-order valence-corrected chi connectivity index (χ0v) is 18.7. The number of carboxylic acid groups (broad SMARTS) is 1. The first-order chi connectivity index (χ1) is 15.2. The second kappa shape index (κ2) is 12.9. The molecule has 2 heterocycles. The molecule has 5 heteroatoms. The Balaban J connectivity index is 1.40. The number of rotatable bonds is 16. The molecule has 1 aromatic rings. The Morgan fingerprint density at radius 2 is 1.87 bits per heavy atom. The average Bonchev–Trinajstić information content (AvgIpc) is 3.36. The van der Waals surface area contributed by atoms with Crippen LogP contribution in [0.2, 0.25) is 0 Å². The summed E-state index contributed by atoms with van der Waals surface area (Å²) in [4.78, 5) is 10.5. The maximum atomic E-state index is 10.5. The van der Waals surface area contributed by atoms with E-state index in [1.54, 1.807) is 0 Å². The Kier molecular flexibility index (Phi) is 9.88. The van der Waals surface area contributed by atoms with Gasteiger partial charge in [-0.1, -0.05) is 37.5 Å². The summed E-state index contributed by atoms with van der Waals surface area (Å²) in [5.74, 6) is 1.23. The summed E-state index contributed by atoms with van der Waals surface area (Å²) >= 11 is 0. The Labute approximate surface area is 186 Å². The van der Waals surface area contributed by atoms with Gasteiger partial charge in [0.25, 0.3) is 0 Å². The van der Waals surface area contributed by atoms with Crippen molar-refractivity contribution in [3.05, 3.63) is 42.5 Å². The highest BCUT2D eigenvalue weighted by molar-refractivity contribution is 5.66. The molecule has 31 heavy (non-hydrogen) atoms. The third-order valence-electron chi connectivity index (χ3n) is 6.54. The molecule has 5 nitrogen and oxygen atoms in total. The van der Waals surface area contributed by atoms with Crippen LogP contribution in [0.15, 0.2) is 36.9 Å². The number of aliphatic carboxylic acids is 1. The highest BCUT2D eigenvalue weighted by Crippen LogP contribution is 2.45. The van der Waals surface area contributed by atoms with Crippen LogP contribution in [0, 0.1) is 11.8 Å². The molecule has 1 aromatic carbocycles. The molecule has 0 spiro atoms. The van der Waals surface area contributed by atoms with Crippen LogP contribution in [0.5, 0.6) is 5.75 Å². The highest BCUT2D eigenvalue weighted by Gasteiger charge is 2.48. The van der Waals surface area contributed by atoms with Crippen LogP contribution in [-0.2, 0) is 20.7 Å². The van der Waals surface area contributed by atoms with Gasteiger partial charge in [0, 0.05) is 12.3 Å². The number of carbonyl (C=O) groups is 1. The van der Waals surface area contributed by atoms with E-state index in [0.29, 0.717) is 30.7 Å². The summed E-state index contributed by atoms with van der Waals surface area (Å²) in [6.07, 6.45) is 12.0. The van der Waals surface area contributed by atoms with Crippen molar-refractivity contribution in [2.75, 3.05) is 19.8 Å². The number of benzene rings is 1. The molecule has 2 bridgehead atoms. The van der Waals surface area contributed by atoms with Crippen LogP contribution < -0.4 is 4.74 Å². The summed E-state index contributed by atoms with van der Waals surface area (Å²) in [6.45, 7) is 5.99. The van der Waals surface area contributed by atoms with E-state index in [0.717, 1.165) is 70.3 Å². The number of ether oxygens (including phenoxy) is 3. The molecule has 0 aliphatic carbocycles. The van der Waals surface area contributed by atoms with Crippen molar-refractivity contribution in [1.29, 1.82) is 0 Å². The average molecular weight is 431 g/mol. The van der Waals surface area contributed by atoms with Gasteiger partial charge < -0.3 is 19.3 Å². The van der Waals surface area contributed by atoms with Gasteiger partial charge in [-0.05, 0) is 62.1 Å². The van der Waals surface area contributed by atoms with E-state index in [4.69, 9.17) is 19.3 Å². The van der Waals surface area contributed by atoms with Crippen LogP contribution in [0.3, 0.4) is 0 Å². The van der Waals surface area contributed by atoms with Gasteiger partial charge in [-0.3, -0.25) is 4.79 Å². The summed E-state index contributed by atoms with van der Waals surface area (Å²) in [6, 6.07) is 8.48. The van der Waals surface area contributed by atoms with Crippen molar-refractivity contribution in [2.45, 2.75) is 76.4 Å². The third-order valence-corrected chi connectivity index (χ3v) is 6.54. The SMILES string of the molecule is C=CCCOC[C@H]1[C@@H](Cc2cccc(OCCCCCCCC(=O)O)c2)[C@H]2CC[C@@H]1O2. The fourth-order valence-corrected chi connectivity index (χ4v) is 4.90. The van der Waals surface area contributed by atoms with E-state index in [1.807, 2.05) is 12.1 Å². The fourth-order valence-electron chi connectivity index (χ4n) is 4.90. The van der Waals surface area contributed by atoms with Crippen molar-refractivity contribution in [3.63, 3.8) is 0 Å². The zero-order chi connectivity index (χ0) is 21.9. The minimum atomic E-state index is -0.702. The Morgan fingerprint density at radius 1 is 1.10 bits per heavy atom. The fraction of sp³-hybridized carbons (Fsp3) is 0.654. The third kappa shape index (κ3) is 7.65. The molecule has 0 aromatic heterocycles. The molecule has 0 amide bonds. The quantitative estimate of drug-likeness (QED) is 0.280. The second-order valence-corrected chi connectivity index (χ2v) is 8.88. The Bertz CT molecular complexity index is 688. The Morgan fingerprint density at radius 3 is 2.68 bits per heavy atom. The van der Waals surface area contributed by atoms with Crippen LogP contribution in [0.25, 0.3) is 0 Å². The topological polar surface area (TPSA) is 65.0 Å². The minimum absolute atomic E-state index is 0.277. The van der Waals surface area contributed by atoms with Gasteiger partial charge in [0.05, 0.1) is 32.0 Å². The van der Waals surface area contributed by atoms with Crippen molar-refractivity contribution in [2.24, 2.45) is 11.8 Å². The number of carboxylic acids is 1. The highest BCUT2D eigenvalue weighted by atomic mass is 16.5. The lowest BCUT2D eigenvalue weighted by atomic mass is 9.76. The van der Waals surface area contributed by atoms with E-state index < -0.39 is 5.97 Å². The van der Waals surface area contributed by atoms with E-state index >= 15 is 0 Å². The zero-order valence-electron chi connectivity index (χ0n) is 18.7. The normalized spacial score (nSPS) is 24.4. The molecule has 2 saturated heterocycles. The van der Waals surface area contributed by atoms with Crippen LogP contribution in [-0.4, -0.2) is 43.1 Å². The second-order valence-electron chi connectivity index (χ2n) is 8.88. The molecule has 2 fully saturated rings. The van der Waals surface area contributed by atoms with Gasteiger partial charge in [0.15, 0.2) is 0 Å². The molecule has 2 aliphatic rings. The standard InChI is InChI=1S/C26H38O5/c1-2-3-15-29-19-23-22(24-13-14-25(23)31-24)18-20-10-9-11-21(17-20)30-16-8-6-4-5-7-12-26(27)28/h2,9-11,17,22-25H,1,3-8,12-16,18-19H2,(H,27,28)/t22-,23+,24-,25+/m1/s1. The molecule has 0 radical (unpaired) electrons. The van der Waals surface area contributed by atoms with Crippen LogP contribution in [0.4, 0.5) is 0 Å². The van der Waals surface area contributed by atoms with Gasteiger partial charge in [-0.15, -0.1) is 6.58 Å². The maximum Gasteiger partial charge on any atom is 0.303 e. The monoisotopic (exact) mass is 430 g/mol. The molecule has 2 aliphatic heterocycles. The molecule has 3 rings (SSSR count). The van der Waals surface area contributed by atoms with Crippen molar-refractivity contribution in [1.82, 2.24) is 0 Å². The number of hydrogen-bond donors (Lipinski definition) is 1. The van der Waals surface area contributed by atoms with E-state index in [2.05, 4.69) is 24.8 Å². The predicted molar refractivity (Wildman–Crippen MR) is 121 cm³/mol. The first-order valence-electron chi connectivity index (χ1n) is 11.9. The summed E-state index contributed by atoms with van der Waals surface area (Å²) in [5, 5.41) is 8.66. The lowest BCUT2D eigenvalue weighted by Gasteiger charge is -2.28. The van der Waals surface area contributed by atoms with E-state index in [9.17, 15) is 4.79 Å². The number of unbranched alkanes of at least 4 members (excludes halogenated alkanes) is 4. The molecule has 0 unspecified atom stereocenters. The molecule has 172 valence electrons. The van der Waals surface area contributed by atoms with Crippen LogP contribution in [0.1, 0.15) is 63.4 Å². The van der Waals surface area contributed by atoms with E-state index in [-0.39, 0.29) is 6.42 Å². The Hall–Kier alpha value is -1.85. The largest absolute Gasteiger partial charge is 0.494 e. The summed E-state index contributed by atoms with van der Waals surface area (Å²) < 4.78 is 18.1. The molecular weight excluding hydrogens is 392 g/mol. The number of hydrogen-bond acceptors (Lipinski definition) is 4. The molecule has 0 saturated carbocycles. The predicted octanol–water partition coefficient (Wildman–Crippen LogP) is 5.42.